The van der Waals surface area contributed by atoms with Crippen LogP contribution < -0.4 is 10.8 Å². The number of rotatable bonds is 4. The quantitative estimate of drug-likeness (QED) is 0.522. The summed E-state index contributed by atoms with van der Waals surface area (Å²) in [7, 11) is 0. The summed E-state index contributed by atoms with van der Waals surface area (Å²) in [6.07, 6.45) is 0. The third-order valence-corrected chi connectivity index (χ3v) is 2.24. The Bertz CT molecular complexity index is 269. The van der Waals surface area contributed by atoms with Crippen LogP contribution in [0.25, 0.3) is 0 Å². The molecule has 0 saturated carbocycles. The number of hydrogen-bond donors (Lipinski definition) is 3. The monoisotopic (exact) mass is 220 g/mol. The number of aliphatic carboxylic acids is 1. The summed E-state index contributed by atoms with van der Waals surface area (Å²) in [5.74, 6) is -1.42. The van der Waals surface area contributed by atoms with E-state index in [0.717, 1.165) is 11.8 Å². The molecule has 7 nitrogen and oxygen atoms in total. The highest BCUT2D eigenvalue weighted by atomic mass is 32.2. The van der Waals surface area contributed by atoms with E-state index in [1.54, 1.807) is 0 Å². The summed E-state index contributed by atoms with van der Waals surface area (Å²) >= 11 is 0.991. The first-order valence-corrected chi connectivity index (χ1v) is 4.65. The molecular weight excluding hydrogens is 212 g/mol. The zero-order valence-electron chi connectivity index (χ0n) is 6.98. The Labute approximate surface area is 83.1 Å². The second kappa shape index (κ2) is 4.82. The van der Waals surface area contributed by atoms with Crippen LogP contribution in [-0.4, -0.2) is 40.6 Å². The Kier molecular flexibility index (Phi) is 3.72. The van der Waals surface area contributed by atoms with Crippen LogP contribution in [-0.2, 0) is 14.4 Å². The van der Waals surface area contributed by atoms with E-state index in [9.17, 15) is 14.4 Å². The summed E-state index contributed by atoms with van der Waals surface area (Å²) < 4.78 is 0. The van der Waals surface area contributed by atoms with Gasteiger partial charge in [-0.3, -0.25) is 14.4 Å². The maximum atomic E-state index is 11.1. The minimum atomic E-state index is -1.19. The van der Waals surface area contributed by atoms with E-state index in [0.29, 0.717) is 5.75 Å². The SMILES string of the molecule is O=C(O)CONC(=O)C1CSC(=O)N1. The molecule has 0 aromatic rings. The molecule has 0 radical (unpaired) electrons. The molecule has 8 heteroatoms. The van der Waals surface area contributed by atoms with Crippen molar-refractivity contribution in [3.8, 4) is 0 Å². The molecule has 14 heavy (non-hydrogen) atoms. The van der Waals surface area contributed by atoms with Crippen molar-refractivity contribution in [3.63, 3.8) is 0 Å². The predicted molar refractivity (Wildman–Crippen MR) is 46.5 cm³/mol. The van der Waals surface area contributed by atoms with Crippen LogP contribution in [0.3, 0.4) is 0 Å². The molecular formula is C6H8N2O5S. The fourth-order valence-corrected chi connectivity index (χ4v) is 1.54. The number of hydrogen-bond acceptors (Lipinski definition) is 5. The first kappa shape index (κ1) is 10.8. The number of nitrogens with one attached hydrogen (secondary N) is 2. The smallest absolute Gasteiger partial charge is 0.332 e. The second-order valence-corrected chi connectivity index (χ2v) is 3.44. The zero-order chi connectivity index (χ0) is 10.6. The third kappa shape index (κ3) is 3.23. The van der Waals surface area contributed by atoms with E-state index in [1.165, 1.54) is 0 Å². The van der Waals surface area contributed by atoms with E-state index in [4.69, 9.17) is 5.11 Å². The lowest BCUT2D eigenvalue weighted by Crippen LogP contribution is -2.43. The number of carboxylic acid groups (broad SMARTS) is 1. The fraction of sp³-hybridized carbons (Fsp3) is 0.500. The van der Waals surface area contributed by atoms with Gasteiger partial charge in [-0.1, -0.05) is 11.8 Å². The lowest BCUT2D eigenvalue weighted by Gasteiger charge is -2.08. The van der Waals surface area contributed by atoms with Crippen LogP contribution in [0.15, 0.2) is 0 Å². The topological polar surface area (TPSA) is 105 Å². The summed E-state index contributed by atoms with van der Waals surface area (Å²) in [5, 5.41) is 10.3. The number of thioether (sulfide) groups is 1. The van der Waals surface area contributed by atoms with Gasteiger partial charge < -0.3 is 10.4 Å². The Morgan fingerprint density at radius 2 is 2.43 bits per heavy atom. The fourth-order valence-electron chi connectivity index (χ4n) is 0.766. The van der Waals surface area contributed by atoms with E-state index >= 15 is 0 Å². The van der Waals surface area contributed by atoms with Crippen LogP contribution in [0, 0.1) is 0 Å². The van der Waals surface area contributed by atoms with Gasteiger partial charge in [0.2, 0.25) is 0 Å². The molecule has 1 fully saturated rings. The standard InChI is InChI=1S/C6H8N2O5S/c9-4(10)1-13-8-5(11)3-2-14-6(12)7-3/h3H,1-2H2,(H,7,12)(H,8,11)(H,9,10). The van der Waals surface area contributed by atoms with Crippen LogP contribution >= 0.6 is 11.8 Å². The summed E-state index contributed by atoms with van der Waals surface area (Å²) in [6, 6.07) is -0.652. The molecule has 2 amide bonds. The van der Waals surface area contributed by atoms with Crippen molar-refractivity contribution < 1.29 is 24.3 Å². The van der Waals surface area contributed by atoms with Crippen molar-refractivity contribution in [1.82, 2.24) is 10.8 Å². The Morgan fingerprint density at radius 3 is 2.93 bits per heavy atom. The normalized spacial score (nSPS) is 20.3. The van der Waals surface area contributed by atoms with Crippen molar-refractivity contribution in [1.29, 1.82) is 0 Å². The van der Waals surface area contributed by atoms with E-state index in [-0.39, 0.29) is 5.24 Å². The van der Waals surface area contributed by atoms with Gasteiger partial charge in [-0.15, -0.1) is 0 Å². The van der Waals surface area contributed by atoms with Crippen LogP contribution in [0.4, 0.5) is 4.79 Å². The minimum absolute atomic E-state index is 0.275. The second-order valence-electron chi connectivity index (χ2n) is 2.44. The van der Waals surface area contributed by atoms with Crippen LogP contribution in [0.2, 0.25) is 0 Å². The molecule has 0 aromatic carbocycles. The van der Waals surface area contributed by atoms with Gasteiger partial charge >= 0.3 is 5.97 Å². The van der Waals surface area contributed by atoms with E-state index in [2.05, 4.69) is 10.2 Å². The Balaban J connectivity index is 2.22. The molecule has 0 aromatic heterocycles. The van der Waals surface area contributed by atoms with E-state index < -0.39 is 24.5 Å². The number of carbonyl (C=O) groups is 3. The highest BCUT2D eigenvalue weighted by molar-refractivity contribution is 8.14. The van der Waals surface area contributed by atoms with Gasteiger partial charge in [-0.2, -0.15) is 0 Å². The van der Waals surface area contributed by atoms with E-state index in [1.807, 2.05) is 5.48 Å². The van der Waals surface area contributed by atoms with Gasteiger partial charge in [0.05, 0.1) is 0 Å². The van der Waals surface area contributed by atoms with Crippen molar-refractivity contribution in [2.75, 3.05) is 12.4 Å². The van der Waals surface area contributed by atoms with Crippen molar-refractivity contribution in [3.05, 3.63) is 0 Å². The van der Waals surface area contributed by atoms with Crippen LogP contribution in [0.5, 0.6) is 0 Å². The minimum Gasteiger partial charge on any atom is -0.479 e. The molecule has 1 aliphatic heterocycles. The zero-order valence-corrected chi connectivity index (χ0v) is 7.80. The summed E-state index contributed by atoms with van der Waals surface area (Å²) in [5.41, 5.74) is 1.93. The molecule has 0 spiro atoms. The number of hydroxylamine groups is 1. The lowest BCUT2D eigenvalue weighted by atomic mass is 10.3. The summed E-state index contributed by atoms with van der Waals surface area (Å²) in [6.45, 7) is -0.612. The summed E-state index contributed by atoms with van der Waals surface area (Å²) in [4.78, 5) is 36.1. The van der Waals surface area contributed by atoms with Crippen LogP contribution in [0.1, 0.15) is 0 Å². The highest BCUT2D eigenvalue weighted by Crippen LogP contribution is 2.12. The first-order chi connectivity index (χ1) is 6.59. The molecule has 3 N–H and O–H groups in total. The number of carboxylic acids is 1. The van der Waals surface area contributed by atoms with Gasteiger partial charge in [0.25, 0.3) is 11.1 Å². The largest absolute Gasteiger partial charge is 0.479 e. The number of amides is 2. The lowest BCUT2D eigenvalue weighted by molar-refractivity contribution is -0.149. The molecule has 1 unspecified atom stereocenters. The molecule has 0 bridgehead atoms. The molecule has 0 aliphatic carbocycles. The first-order valence-electron chi connectivity index (χ1n) is 3.66. The average Bonchev–Trinajstić information content (AvgIpc) is 2.51. The maximum absolute atomic E-state index is 11.1. The van der Waals surface area contributed by atoms with Gasteiger partial charge in [0, 0.05) is 5.75 Å². The maximum Gasteiger partial charge on any atom is 0.332 e. The van der Waals surface area contributed by atoms with Crippen molar-refractivity contribution in [2.45, 2.75) is 6.04 Å². The molecule has 78 valence electrons. The number of carbonyl (C=O) groups excluding carboxylic acids is 2. The highest BCUT2D eigenvalue weighted by Gasteiger charge is 2.28. The molecule has 1 atom stereocenters. The van der Waals surface area contributed by atoms with Gasteiger partial charge in [0.15, 0.2) is 6.61 Å². The third-order valence-electron chi connectivity index (χ3n) is 1.36. The van der Waals surface area contributed by atoms with Gasteiger partial charge in [-0.25, -0.2) is 10.3 Å². The molecule has 1 rings (SSSR count). The van der Waals surface area contributed by atoms with Crippen molar-refractivity contribution in [2.24, 2.45) is 0 Å². The average molecular weight is 220 g/mol. The van der Waals surface area contributed by atoms with Gasteiger partial charge in [0.1, 0.15) is 6.04 Å². The van der Waals surface area contributed by atoms with Crippen molar-refractivity contribution >= 4 is 28.9 Å². The predicted octanol–water partition coefficient (Wildman–Crippen LogP) is -1.06. The molecule has 1 saturated heterocycles. The Hall–Kier alpha value is -1.28. The Morgan fingerprint density at radius 1 is 1.71 bits per heavy atom. The molecule has 1 heterocycles. The van der Waals surface area contributed by atoms with Gasteiger partial charge in [-0.05, 0) is 0 Å². The molecule has 1 aliphatic rings.